The Labute approximate surface area is 116 Å². The van der Waals surface area contributed by atoms with Gasteiger partial charge in [-0.1, -0.05) is 25.3 Å². The molecule has 6 heteroatoms. The Morgan fingerprint density at radius 3 is 2.30 bits per heavy atom. The second-order valence-electron chi connectivity index (χ2n) is 5.23. The van der Waals surface area contributed by atoms with Crippen molar-refractivity contribution in [3.05, 3.63) is 12.7 Å². The summed E-state index contributed by atoms with van der Waals surface area (Å²) in [5.74, 6) is -1.31. The molecule has 0 aliphatic heterocycles. The molecule has 114 valence electrons. The number of allylic oxidation sites excluding steroid dienone is 1. The van der Waals surface area contributed by atoms with E-state index in [-0.39, 0.29) is 12.2 Å². The Kier molecular flexibility index (Phi) is 5.77. The van der Waals surface area contributed by atoms with E-state index in [9.17, 15) is 22.8 Å². The van der Waals surface area contributed by atoms with Crippen molar-refractivity contribution in [3.63, 3.8) is 0 Å². The number of amides is 1. The molecule has 0 aromatic heterocycles. The first-order valence-electron chi connectivity index (χ1n) is 6.81. The van der Waals surface area contributed by atoms with E-state index in [0.29, 0.717) is 19.3 Å². The predicted molar refractivity (Wildman–Crippen MR) is 69.1 cm³/mol. The molecule has 1 fully saturated rings. The van der Waals surface area contributed by atoms with E-state index in [1.54, 1.807) is 6.08 Å². The maximum atomic E-state index is 12.2. The number of carbonyl (C=O) groups excluding carboxylic acids is 2. The van der Waals surface area contributed by atoms with Crippen molar-refractivity contribution in [2.45, 2.75) is 63.1 Å². The minimum absolute atomic E-state index is 0.187. The standard InChI is InChI=1S/C14H20F3NO2/c1-2-3-7-11(19)13(8-5-4-6-9-13)18-12(20)10-14(15,16)17/h2H,1,3-10H2,(H,18,20). The van der Waals surface area contributed by atoms with Crippen LogP contribution in [0.3, 0.4) is 0 Å². The van der Waals surface area contributed by atoms with Crippen molar-refractivity contribution in [2.75, 3.05) is 0 Å². The highest BCUT2D eigenvalue weighted by Crippen LogP contribution is 2.31. The molecule has 1 rings (SSSR count). The number of carbonyl (C=O) groups is 2. The van der Waals surface area contributed by atoms with Crippen molar-refractivity contribution >= 4 is 11.7 Å². The third-order valence-corrected chi connectivity index (χ3v) is 3.56. The second-order valence-corrected chi connectivity index (χ2v) is 5.23. The van der Waals surface area contributed by atoms with E-state index >= 15 is 0 Å². The predicted octanol–water partition coefficient (Wildman–Crippen LogP) is 3.29. The van der Waals surface area contributed by atoms with E-state index in [2.05, 4.69) is 11.9 Å². The molecule has 1 aliphatic rings. The normalized spacial score (nSPS) is 18.4. The monoisotopic (exact) mass is 291 g/mol. The van der Waals surface area contributed by atoms with Gasteiger partial charge in [-0.25, -0.2) is 0 Å². The summed E-state index contributed by atoms with van der Waals surface area (Å²) >= 11 is 0. The third kappa shape index (κ3) is 4.98. The molecule has 0 bridgehead atoms. The molecule has 0 unspecified atom stereocenters. The van der Waals surface area contributed by atoms with Crippen LogP contribution in [0.15, 0.2) is 12.7 Å². The smallest absolute Gasteiger partial charge is 0.343 e. The number of hydrogen-bond donors (Lipinski definition) is 1. The number of halogens is 3. The minimum Gasteiger partial charge on any atom is -0.343 e. The van der Waals surface area contributed by atoms with Crippen molar-refractivity contribution in [3.8, 4) is 0 Å². The van der Waals surface area contributed by atoms with E-state index in [4.69, 9.17) is 0 Å². The summed E-state index contributed by atoms with van der Waals surface area (Å²) in [5, 5.41) is 2.35. The van der Waals surface area contributed by atoms with Crippen LogP contribution < -0.4 is 5.32 Å². The molecule has 20 heavy (non-hydrogen) atoms. The van der Waals surface area contributed by atoms with Crippen LogP contribution in [0.25, 0.3) is 0 Å². The SMILES string of the molecule is C=CCCC(=O)C1(NC(=O)CC(F)(F)F)CCCCC1. The number of alkyl halides is 3. The van der Waals surface area contributed by atoms with Gasteiger partial charge in [-0.3, -0.25) is 9.59 Å². The zero-order valence-corrected chi connectivity index (χ0v) is 11.4. The fourth-order valence-electron chi connectivity index (χ4n) is 2.59. The first-order valence-corrected chi connectivity index (χ1v) is 6.81. The maximum Gasteiger partial charge on any atom is 0.397 e. The van der Waals surface area contributed by atoms with Crippen LogP contribution in [-0.2, 0) is 9.59 Å². The third-order valence-electron chi connectivity index (χ3n) is 3.56. The molecular weight excluding hydrogens is 271 g/mol. The molecule has 0 aromatic carbocycles. The highest BCUT2D eigenvalue weighted by molar-refractivity contribution is 5.93. The molecule has 1 aliphatic carbocycles. The highest BCUT2D eigenvalue weighted by atomic mass is 19.4. The summed E-state index contributed by atoms with van der Waals surface area (Å²) < 4.78 is 36.7. The van der Waals surface area contributed by atoms with Crippen LogP contribution in [0.2, 0.25) is 0 Å². The summed E-state index contributed by atoms with van der Waals surface area (Å²) in [5.41, 5.74) is -1.11. The lowest BCUT2D eigenvalue weighted by atomic mass is 9.77. The van der Waals surface area contributed by atoms with Crippen LogP contribution in [0.5, 0.6) is 0 Å². The zero-order chi connectivity index (χ0) is 15.2. The van der Waals surface area contributed by atoms with Gasteiger partial charge in [-0.2, -0.15) is 13.2 Å². The van der Waals surface area contributed by atoms with Gasteiger partial charge >= 0.3 is 6.18 Å². The molecule has 1 saturated carbocycles. The van der Waals surface area contributed by atoms with Gasteiger partial charge in [-0.05, 0) is 19.3 Å². The van der Waals surface area contributed by atoms with Crippen LogP contribution in [0.1, 0.15) is 51.4 Å². The van der Waals surface area contributed by atoms with E-state index < -0.39 is 24.0 Å². The Hall–Kier alpha value is -1.33. The van der Waals surface area contributed by atoms with Crippen molar-refractivity contribution in [1.82, 2.24) is 5.32 Å². The lowest BCUT2D eigenvalue weighted by Gasteiger charge is -2.37. The maximum absolute atomic E-state index is 12.2. The van der Waals surface area contributed by atoms with Gasteiger partial charge in [0, 0.05) is 6.42 Å². The van der Waals surface area contributed by atoms with Crippen LogP contribution in [0.4, 0.5) is 13.2 Å². The van der Waals surface area contributed by atoms with Crippen molar-refractivity contribution in [1.29, 1.82) is 0 Å². The van der Waals surface area contributed by atoms with Crippen LogP contribution >= 0.6 is 0 Å². The zero-order valence-electron chi connectivity index (χ0n) is 11.4. The lowest BCUT2D eigenvalue weighted by molar-refractivity contribution is -0.157. The number of hydrogen-bond acceptors (Lipinski definition) is 2. The average Bonchev–Trinajstić information content (AvgIpc) is 2.34. The largest absolute Gasteiger partial charge is 0.397 e. The highest BCUT2D eigenvalue weighted by Gasteiger charge is 2.41. The summed E-state index contributed by atoms with van der Waals surface area (Å²) in [6.07, 6.45) is -0.561. The Balaban J connectivity index is 2.75. The number of ketones is 1. The quantitative estimate of drug-likeness (QED) is 0.763. The number of nitrogens with one attached hydrogen (secondary N) is 1. The van der Waals surface area contributed by atoms with Gasteiger partial charge in [0.05, 0.1) is 5.54 Å². The molecule has 0 aromatic rings. The van der Waals surface area contributed by atoms with Gasteiger partial charge in [0.15, 0.2) is 5.78 Å². The Morgan fingerprint density at radius 1 is 1.20 bits per heavy atom. The Morgan fingerprint density at radius 2 is 1.80 bits per heavy atom. The summed E-state index contributed by atoms with van der Waals surface area (Å²) in [6, 6.07) is 0. The van der Waals surface area contributed by atoms with Gasteiger partial charge in [0.2, 0.25) is 5.91 Å². The van der Waals surface area contributed by atoms with Gasteiger partial charge < -0.3 is 5.32 Å². The first-order chi connectivity index (χ1) is 9.29. The molecule has 0 heterocycles. The topological polar surface area (TPSA) is 46.2 Å². The van der Waals surface area contributed by atoms with Crippen LogP contribution in [-0.4, -0.2) is 23.4 Å². The molecule has 1 N–H and O–H groups in total. The van der Waals surface area contributed by atoms with Gasteiger partial charge in [0.1, 0.15) is 6.42 Å². The molecule has 0 radical (unpaired) electrons. The molecule has 1 amide bonds. The van der Waals surface area contributed by atoms with Gasteiger partial charge in [-0.15, -0.1) is 6.58 Å². The fraction of sp³-hybridized carbons (Fsp3) is 0.714. The molecule has 0 spiro atoms. The van der Waals surface area contributed by atoms with Crippen LogP contribution in [0, 0.1) is 0 Å². The summed E-state index contributed by atoms with van der Waals surface area (Å²) in [4.78, 5) is 23.7. The van der Waals surface area contributed by atoms with Gasteiger partial charge in [0.25, 0.3) is 0 Å². The minimum atomic E-state index is -4.55. The summed E-state index contributed by atoms with van der Waals surface area (Å²) in [6.45, 7) is 3.52. The molecule has 0 atom stereocenters. The van der Waals surface area contributed by atoms with E-state index in [1.165, 1.54) is 0 Å². The Bertz CT molecular complexity index is 371. The first kappa shape index (κ1) is 16.7. The number of Topliss-reactive ketones (excluding diaryl/α,β-unsaturated/α-hetero) is 1. The van der Waals surface area contributed by atoms with Crippen molar-refractivity contribution < 1.29 is 22.8 Å². The lowest BCUT2D eigenvalue weighted by Crippen LogP contribution is -2.56. The van der Waals surface area contributed by atoms with Crippen molar-refractivity contribution in [2.24, 2.45) is 0 Å². The second kappa shape index (κ2) is 6.90. The summed E-state index contributed by atoms with van der Waals surface area (Å²) in [7, 11) is 0. The molecular formula is C14H20F3NO2. The van der Waals surface area contributed by atoms with E-state index in [1.807, 2.05) is 0 Å². The van der Waals surface area contributed by atoms with E-state index in [0.717, 1.165) is 19.3 Å². The average molecular weight is 291 g/mol. The fourth-order valence-corrected chi connectivity index (χ4v) is 2.59. The molecule has 0 saturated heterocycles. The number of rotatable bonds is 6. The molecule has 3 nitrogen and oxygen atoms in total.